The van der Waals surface area contributed by atoms with Gasteiger partial charge >= 0.3 is 11.7 Å². The number of nitrogens with one attached hydrogen (secondary N) is 1. The van der Waals surface area contributed by atoms with E-state index in [-0.39, 0.29) is 16.7 Å². The zero-order valence-corrected chi connectivity index (χ0v) is 13.6. The van der Waals surface area contributed by atoms with Gasteiger partial charge in [-0.3, -0.25) is 9.55 Å². The quantitative estimate of drug-likeness (QED) is 0.709. The van der Waals surface area contributed by atoms with Crippen molar-refractivity contribution in [2.75, 3.05) is 7.11 Å². The number of pyridine rings is 1. The second-order valence-corrected chi connectivity index (χ2v) is 5.68. The standard InChI is InChI=1S/C15H11BrFN3O3/c1-23-14(21)8-2-3-9(18-6-8)7-20-13-5-11(17)10(16)4-12(13)19-15(20)22/h2-6H,7H2,1H3,(H,19,22). The van der Waals surface area contributed by atoms with Crippen molar-refractivity contribution < 1.29 is 13.9 Å². The van der Waals surface area contributed by atoms with Crippen LogP contribution < -0.4 is 5.69 Å². The van der Waals surface area contributed by atoms with Crippen LogP contribution in [0.25, 0.3) is 11.0 Å². The van der Waals surface area contributed by atoms with Gasteiger partial charge in [-0.05, 0) is 34.1 Å². The number of carbonyl (C=O) groups excluding carboxylic acids is 1. The van der Waals surface area contributed by atoms with Crippen LogP contribution in [-0.4, -0.2) is 27.6 Å². The predicted molar refractivity (Wildman–Crippen MR) is 84.9 cm³/mol. The molecule has 3 rings (SSSR count). The first-order valence-electron chi connectivity index (χ1n) is 6.60. The van der Waals surface area contributed by atoms with Gasteiger partial charge < -0.3 is 9.72 Å². The highest BCUT2D eigenvalue weighted by Gasteiger charge is 2.12. The summed E-state index contributed by atoms with van der Waals surface area (Å²) in [6.07, 6.45) is 1.37. The first kappa shape index (κ1) is 15.4. The van der Waals surface area contributed by atoms with Crippen LogP contribution in [0.5, 0.6) is 0 Å². The number of methoxy groups -OCH3 is 1. The van der Waals surface area contributed by atoms with E-state index >= 15 is 0 Å². The molecule has 0 radical (unpaired) electrons. The van der Waals surface area contributed by atoms with E-state index in [1.807, 2.05) is 0 Å². The third-order valence-electron chi connectivity index (χ3n) is 3.38. The fourth-order valence-electron chi connectivity index (χ4n) is 2.23. The van der Waals surface area contributed by atoms with Crippen molar-refractivity contribution in [2.45, 2.75) is 6.54 Å². The summed E-state index contributed by atoms with van der Waals surface area (Å²) in [5.41, 5.74) is 1.47. The molecule has 0 aliphatic heterocycles. The molecule has 0 atom stereocenters. The number of H-pyrrole nitrogens is 1. The highest BCUT2D eigenvalue weighted by atomic mass is 79.9. The minimum atomic E-state index is -0.486. The molecule has 0 saturated heterocycles. The Balaban J connectivity index is 1.98. The van der Waals surface area contributed by atoms with Crippen molar-refractivity contribution in [3.05, 3.63) is 62.5 Å². The molecule has 0 aliphatic rings. The Hall–Kier alpha value is -2.48. The van der Waals surface area contributed by atoms with Crippen LogP contribution in [0.1, 0.15) is 16.1 Å². The fourth-order valence-corrected chi connectivity index (χ4v) is 2.57. The van der Waals surface area contributed by atoms with Crippen LogP contribution in [0.3, 0.4) is 0 Å². The zero-order chi connectivity index (χ0) is 16.6. The molecule has 6 nitrogen and oxygen atoms in total. The largest absolute Gasteiger partial charge is 0.465 e. The molecule has 1 N–H and O–H groups in total. The summed E-state index contributed by atoms with van der Waals surface area (Å²) < 4.78 is 20.0. The third-order valence-corrected chi connectivity index (χ3v) is 3.99. The van der Waals surface area contributed by atoms with Crippen molar-refractivity contribution >= 4 is 32.9 Å². The lowest BCUT2D eigenvalue weighted by Crippen LogP contribution is -2.18. The van der Waals surface area contributed by atoms with Gasteiger partial charge in [0.2, 0.25) is 0 Å². The maximum absolute atomic E-state index is 13.7. The summed E-state index contributed by atoms with van der Waals surface area (Å²) in [6.45, 7) is 0.154. The fraction of sp³-hybridized carbons (Fsp3) is 0.133. The number of aromatic nitrogens is 3. The number of fused-ring (bicyclic) bond motifs is 1. The molecule has 0 unspecified atom stereocenters. The molecule has 0 bridgehead atoms. The number of hydrogen-bond donors (Lipinski definition) is 1. The maximum atomic E-state index is 13.7. The van der Waals surface area contributed by atoms with E-state index in [9.17, 15) is 14.0 Å². The number of ether oxygens (including phenoxy) is 1. The van der Waals surface area contributed by atoms with Gasteiger partial charge in [-0.2, -0.15) is 0 Å². The predicted octanol–water partition coefficient (Wildman–Crippen LogP) is 2.46. The topological polar surface area (TPSA) is 77.0 Å². The van der Waals surface area contributed by atoms with E-state index in [0.717, 1.165) is 0 Å². The van der Waals surface area contributed by atoms with E-state index in [0.29, 0.717) is 22.3 Å². The van der Waals surface area contributed by atoms with Crippen LogP contribution >= 0.6 is 15.9 Å². The summed E-state index contributed by atoms with van der Waals surface area (Å²) in [6, 6.07) is 5.97. The van der Waals surface area contributed by atoms with E-state index in [1.165, 1.54) is 30.0 Å². The summed E-state index contributed by atoms with van der Waals surface area (Å²) >= 11 is 3.08. The van der Waals surface area contributed by atoms with Crippen molar-refractivity contribution in [2.24, 2.45) is 0 Å². The lowest BCUT2D eigenvalue weighted by molar-refractivity contribution is 0.0600. The van der Waals surface area contributed by atoms with Crippen LogP contribution in [-0.2, 0) is 11.3 Å². The first-order valence-corrected chi connectivity index (χ1v) is 7.39. The van der Waals surface area contributed by atoms with Gasteiger partial charge in [0.25, 0.3) is 0 Å². The number of imidazole rings is 1. The molecule has 2 aromatic heterocycles. The van der Waals surface area contributed by atoms with Crippen LogP contribution in [0.15, 0.2) is 39.7 Å². The Morgan fingerprint density at radius 2 is 2.22 bits per heavy atom. The molecule has 0 aliphatic carbocycles. The number of hydrogen-bond acceptors (Lipinski definition) is 4. The Morgan fingerprint density at radius 3 is 2.87 bits per heavy atom. The van der Waals surface area contributed by atoms with E-state index in [2.05, 4.69) is 30.6 Å². The van der Waals surface area contributed by atoms with Gasteiger partial charge in [-0.1, -0.05) is 0 Å². The number of rotatable bonds is 3. The Morgan fingerprint density at radius 1 is 1.43 bits per heavy atom. The number of nitrogens with zero attached hydrogens (tertiary/aromatic N) is 2. The molecule has 118 valence electrons. The highest BCUT2D eigenvalue weighted by molar-refractivity contribution is 9.10. The number of halogens is 2. The smallest absolute Gasteiger partial charge is 0.339 e. The molecular formula is C15H11BrFN3O3. The number of esters is 1. The number of carbonyl (C=O) groups is 1. The molecule has 0 saturated carbocycles. The Bertz CT molecular complexity index is 947. The third kappa shape index (κ3) is 2.89. The summed E-state index contributed by atoms with van der Waals surface area (Å²) in [5.74, 6) is -0.945. The summed E-state index contributed by atoms with van der Waals surface area (Å²) in [5, 5.41) is 0. The van der Waals surface area contributed by atoms with Crippen molar-refractivity contribution in [1.82, 2.24) is 14.5 Å². The minimum absolute atomic E-state index is 0.154. The Labute approximate surface area is 138 Å². The molecule has 0 spiro atoms. The van der Waals surface area contributed by atoms with Gasteiger partial charge in [0, 0.05) is 12.3 Å². The average molecular weight is 380 g/mol. The molecule has 23 heavy (non-hydrogen) atoms. The lowest BCUT2D eigenvalue weighted by Gasteiger charge is -2.05. The van der Waals surface area contributed by atoms with Crippen molar-refractivity contribution in [3.8, 4) is 0 Å². The first-order chi connectivity index (χ1) is 11.0. The van der Waals surface area contributed by atoms with Gasteiger partial charge in [0.1, 0.15) is 5.82 Å². The molecule has 2 heterocycles. The van der Waals surface area contributed by atoms with E-state index in [1.54, 1.807) is 12.1 Å². The molecule has 0 amide bonds. The monoisotopic (exact) mass is 379 g/mol. The molecule has 8 heteroatoms. The highest BCUT2D eigenvalue weighted by Crippen LogP contribution is 2.21. The summed E-state index contributed by atoms with van der Waals surface area (Å²) in [7, 11) is 1.29. The SMILES string of the molecule is COC(=O)c1ccc(Cn2c(=O)[nH]c3cc(Br)c(F)cc32)nc1. The average Bonchev–Trinajstić information content (AvgIpc) is 2.83. The minimum Gasteiger partial charge on any atom is -0.465 e. The van der Waals surface area contributed by atoms with Gasteiger partial charge in [0.05, 0.1) is 40.4 Å². The second kappa shape index (κ2) is 5.96. The van der Waals surface area contributed by atoms with Gasteiger partial charge in [-0.25, -0.2) is 14.0 Å². The van der Waals surface area contributed by atoms with E-state index in [4.69, 9.17) is 0 Å². The zero-order valence-electron chi connectivity index (χ0n) is 12.0. The Kier molecular flexibility index (Phi) is 3.99. The summed E-state index contributed by atoms with van der Waals surface area (Å²) in [4.78, 5) is 30.2. The van der Waals surface area contributed by atoms with Gasteiger partial charge in [0.15, 0.2) is 0 Å². The number of aromatic amines is 1. The number of benzene rings is 1. The normalized spacial score (nSPS) is 10.9. The molecule has 0 fully saturated rings. The van der Waals surface area contributed by atoms with Crippen LogP contribution in [0, 0.1) is 5.82 Å². The molecule has 1 aromatic carbocycles. The van der Waals surface area contributed by atoms with Crippen molar-refractivity contribution in [1.29, 1.82) is 0 Å². The van der Waals surface area contributed by atoms with E-state index < -0.39 is 11.8 Å². The lowest BCUT2D eigenvalue weighted by atomic mass is 10.2. The van der Waals surface area contributed by atoms with Gasteiger partial charge in [-0.15, -0.1) is 0 Å². The second-order valence-electron chi connectivity index (χ2n) is 4.83. The molecule has 3 aromatic rings. The maximum Gasteiger partial charge on any atom is 0.339 e. The van der Waals surface area contributed by atoms with Crippen molar-refractivity contribution in [3.63, 3.8) is 0 Å². The molecular weight excluding hydrogens is 369 g/mol. The van der Waals surface area contributed by atoms with Crippen LogP contribution in [0.4, 0.5) is 4.39 Å². The van der Waals surface area contributed by atoms with Crippen LogP contribution in [0.2, 0.25) is 0 Å².